The van der Waals surface area contributed by atoms with Gasteiger partial charge in [0.1, 0.15) is 0 Å². The summed E-state index contributed by atoms with van der Waals surface area (Å²) in [4.78, 5) is 6.96. The number of aliphatic hydroxyl groups is 1. The number of aryl methyl sites for hydroxylation is 2. The molecule has 1 aromatic rings. The maximum Gasteiger partial charge on any atom is 0.0897 e. The first-order valence-electron chi connectivity index (χ1n) is 6.96. The lowest BCUT2D eigenvalue weighted by atomic mass is 9.91. The molecule has 4 heteroatoms. The van der Waals surface area contributed by atoms with Crippen molar-refractivity contribution in [2.24, 2.45) is 5.92 Å². The third-order valence-corrected chi connectivity index (χ3v) is 4.78. The van der Waals surface area contributed by atoms with Gasteiger partial charge in [0, 0.05) is 11.4 Å². The van der Waals surface area contributed by atoms with E-state index in [2.05, 4.69) is 29.1 Å². The Balaban J connectivity index is 1.78. The largest absolute Gasteiger partial charge is 0.395 e. The van der Waals surface area contributed by atoms with Gasteiger partial charge in [0.05, 0.1) is 17.3 Å². The minimum absolute atomic E-state index is 0.303. The molecule has 2 atom stereocenters. The fourth-order valence-corrected chi connectivity index (χ4v) is 3.54. The average Bonchev–Trinajstić information content (AvgIpc) is 2.75. The van der Waals surface area contributed by atoms with Crippen LogP contribution in [0.5, 0.6) is 0 Å². The van der Waals surface area contributed by atoms with Crippen LogP contribution in [0, 0.1) is 12.8 Å². The highest BCUT2D eigenvalue weighted by atomic mass is 32.1. The van der Waals surface area contributed by atoms with E-state index in [1.54, 1.807) is 11.3 Å². The highest BCUT2D eigenvalue weighted by Crippen LogP contribution is 2.23. The Hall–Kier alpha value is -0.450. The van der Waals surface area contributed by atoms with E-state index in [-0.39, 0.29) is 0 Å². The van der Waals surface area contributed by atoms with Gasteiger partial charge >= 0.3 is 0 Å². The predicted molar refractivity (Wildman–Crippen MR) is 76.0 cm³/mol. The number of aliphatic hydroxyl groups excluding tert-OH is 1. The van der Waals surface area contributed by atoms with Crippen LogP contribution < -0.4 is 0 Å². The van der Waals surface area contributed by atoms with Gasteiger partial charge in [-0.2, -0.15) is 0 Å². The second kappa shape index (κ2) is 6.64. The lowest BCUT2D eigenvalue weighted by Crippen LogP contribution is -2.46. The monoisotopic (exact) mass is 268 g/mol. The van der Waals surface area contributed by atoms with Crippen molar-refractivity contribution in [3.05, 3.63) is 16.1 Å². The van der Waals surface area contributed by atoms with Crippen molar-refractivity contribution < 1.29 is 5.11 Å². The molecule has 0 spiro atoms. The predicted octanol–water partition coefficient (Wildman–Crippen LogP) is 2.48. The second-order valence-electron chi connectivity index (χ2n) is 5.37. The first-order chi connectivity index (χ1) is 8.70. The molecule has 0 radical (unpaired) electrons. The van der Waals surface area contributed by atoms with Gasteiger partial charge in [-0.15, -0.1) is 11.3 Å². The van der Waals surface area contributed by atoms with Crippen LogP contribution in [0.15, 0.2) is 5.38 Å². The minimum atomic E-state index is 0.303. The van der Waals surface area contributed by atoms with Crippen LogP contribution >= 0.6 is 11.3 Å². The summed E-state index contributed by atoms with van der Waals surface area (Å²) in [5, 5.41) is 12.8. The number of aromatic nitrogens is 1. The molecule has 0 bridgehead atoms. The molecule has 0 aromatic carbocycles. The Kier molecular flexibility index (Phi) is 5.15. The van der Waals surface area contributed by atoms with E-state index in [0.29, 0.717) is 18.6 Å². The zero-order valence-electron chi connectivity index (χ0n) is 11.4. The van der Waals surface area contributed by atoms with Crippen molar-refractivity contribution in [1.82, 2.24) is 9.88 Å². The van der Waals surface area contributed by atoms with Gasteiger partial charge in [0.15, 0.2) is 0 Å². The van der Waals surface area contributed by atoms with E-state index in [9.17, 15) is 5.11 Å². The SMILES string of the molecule is Cc1nc(CCCN2CCCC(C)C2CO)cs1. The van der Waals surface area contributed by atoms with E-state index >= 15 is 0 Å². The number of nitrogens with zero attached hydrogens (tertiary/aromatic N) is 2. The van der Waals surface area contributed by atoms with Gasteiger partial charge in [-0.05, 0) is 51.6 Å². The Morgan fingerprint density at radius 1 is 1.56 bits per heavy atom. The molecule has 1 saturated heterocycles. The molecule has 2 heterocycles. The van der Waals surface area contributed by atoms with Crippen molar-refractivity contribution in [3.63, 3.8) is 0 Å². The Labute approximate surface area is 114 Å². The zero-order chi connectivity index (χ0) is 13.0. The smallest absolute Gasteiger partial charge is 0.0897 e. The minimum Gasteiger partial charge on any atom is -0.395 e. The average molecular weight is 268 g/mol. The van der Waals surface area contributed by atoms with Crippen LogP contribution in [0.1, 0.15) is 36.9 Å². The van der Waals surface area contributed by atoms with Gasteiger partial charge in [-0.25, -0.2) is 4.98 Å². The standard InChI is InChI=1S/C14H24N2OS/c1-11-5-3-7-16(14(11)9-17)8-4-6-13-10-18-12(2)15-13/h10-11,14,17H,3-9H2,1-2H3. The number of thiazole rings is 1. The third-order valence-electron chi connectivity index (χ3n) is 3.96. The Bertz CT molecular complexity index is 366. The molecular formula is C14H24N2OS. The number of likely N-dealkylation sites (tertiary alicyclic amines) is 1. The van der Waals surface area contributed by atoms with Crippen LogP contribution in [-0.2, 0) is 6.42 Å². The molecule has 1 aliphatic rings. The summed E-state index contributed by atoms with van der Waals surface area (Å²) in [6.45, 7) is 6.86. The van der Waals surface area contributed by atoms with Gasteiger partial charge in [0.2, 0.25) is 0 Å². The van der Waals surface area contributed by atoms with Crippen molar-refractivity contribution in [3.8, 4) is 0 Å². The summed E-state index contributed by atoms with van der Waals surface area (Å²) in [7, 11) is 0. The van der Waals surface area contributed by atoms with Gasteiger partial charge < -0.3 is 5.11 Å². The Morgan fingerprint density at radius 2 is 2.39 bits per heavy atom. The van der Waals surface area contributed by atoms with Gasteiger partial charge in [-0.1, -0.05) is 6.92 Å². The first-order valence-corrected chi connectivity index (χ1v) is 7.84. The highest BCUT2D eigenvalue weighted by Gasteiger charge is 2.27. The van der Waals surface area contributed by atoms with Crippen molar-refractivity contribution in [1.29, 1.82) is 0 Å². The molecule has 0 saturated carbocycles. The van der Waals surface area contributed by atoms with Crippen LogP contribution in [0.4, 0.5) is 0 Å². The summed E-state index contributed by atoms with van der Waals surface area (Å²) in [6, 6.07) is 0.371. The molecule has 3 nitrogen and oxygen atoms in total. The molecule has 2 rings (SSSR count). The lowest BCUT2D eigenvalue weighted by molar-refractivity contribution is 0.0523. The number of piperidine rings is 1. The topological polar surface area (TPSA) is 36.4 Å². The second-order valence-corrected chi connectivity index (χ2v) is 6.43. The molecule has 2 unspecified atom stereocenters. The maximum atomic E-state index is 9.50. The maximum absolute atomic E-state index is 9.50. The molecule has 1 aliphatic heterocycles. The molecule has 1 N–H and O–H groups in total. The molecule has 0 amide bonds. The van der Waals surface area contributed by atoms with Crippen molar-refractivity contribution >= 4 is 11.3 Å². The highest BCUT2D eigenvalue weighted by molar-refractivity contribution is 7.09. The van der Waals surface area contributed by atoms with E-state index in [4.69, 9.17) is 0 Å². The third kappa shape index (κ3) is 3.53. The zero-order valence-corrected chi connectivity index (χ0v) is 12.2. The van der Waals surface area contributed by atoms with Gasteiger partial charge in [0.25, 0.3) is 0 Å². The quantitative estimate of drug-likeness (QED) is 0.891. The number of hydrogen-bond acceptors (Lipinski definition) is 4. The molecule has 1 aromatic heterocycles. The van der Waals surface area contributed by atoms with Crippen LogP contribution in [0.3, 0.4) is 0 Å². The molecule has 1 fully saturated rings. The Morgan fingerprint density at radius 3 is 3.06 bits per heavy atom. The van der Waals surface area contributed by atoms with Crippen LogP contribution in [-0.4, -0.2) is 40.7 Å². The molecule has 18 heavy (non-hydrogen) atoms. The molecule has 102 valence electrons. The van der Waals surface area contributed by atoms with E-state index < -0.39 is 0 Å². The van der Waals surface area contributed by atoms with E-state index in [1.165, 1.54) is 18.5 Å². The fourth-order valence-electron chi connectivity index (χ4n) is 2.89. The van der Waals surface area contributed by atoms with Gasteiger partial charge in [-0.3, -0.25) is 4.90 Å². The summed E-state index contributed by atoms with van der Waals surface area (Å²) in [6.07, 6.45) is 4.74. The van der Waals surface area contributed by atoms with Crippen molar-refractivity contribution in [2.75, 3.05) is 19.7 Å². The number of rotatable bonds is 5. The molecule has 0 aliphatic carbocycles. The lowest BCUT2D eigenvalue weighted by Gasteiger charge is -2.39. The first kappa shape index (κ1) is 14.0. The fraction of sp³-hybridized carbons (Fsp3) is 0.786. The summed E-state index contributed by atoms with van der Waals surface area (Å²) >= 11 is 1.73. The van der Waals surface area contributed by atoms with E-state index in [0.717, 1.165) is 30.9 Å². The van der Waals surface area contributed by atoms with Crippen LogP contribution in [0.2, 0.25) is 0 Å². The van der Waals surface area contributed by atoms with Crippen molar-refractivity contribution in [2.45, 2.75) is 45.6 Å². The van der Waals surface area contributed by atoms with Crippen LogP contribution in [0.25, 0.3) is 0 Å². The normalized spacial score (nSPS) is 25.5. The number of hydrogen-bond donors (Lipinski definition) is 1. The molecular weight excluding hydrogens is 244 g/mol. The van der Waals surface area contributed by atoms with E-state index in [1.807, 2.05) is 0 Å². The summed E-state index contributed by atoms with van der Waals surface area (Å²) in [5.74, 6) is 0.630. The summed E-state index contributed by atoms with van der Waals surface area (Å²) < 4.78 is 0. The summed E-state index contributed by atoms with van der Waals surface area (Å²) in [5.41, 5.74) is 1.23.